The van der Waals surface area contributed by atoms with Gasteiger partial charge in [0.15, 0.2) is 0 Å². The minimum absolute atomic E-state index is 0.141. The summed E-state index contributed by atoms with van der Waals surface area (Å²) in [6, 6.07) is 6.56. The summed E-state index contributed by atoms with van der Waals surface area (Å²) in [5.74, 6) is 0. The molecule has 0 aliphatic heterocycles. The van der Waals surface area contributed by atoms with Gasteiger partial charge in [0.25, 0.3) is 5.24 Å². The molecule has 86 valence electrons. The largest absolute Gasteiger partial charge is 0.274 e. The zero-order chi connectivity index (χ0) is 12.4. The van der Waals surface area contributed by atoms with Gasteiger partial charge in [0, 0.05) is 5.56 Å². The molecule has 0 radical (unpaired) electrons. The Morgan fingerprint density at radius 3 is 2.47 bits per heavy atom. The number of carbonyl (C=O) groups is 1. The van der Waals surface area contributed by atoms with Gasteiger partial charge in [-0.1, -0.05) is 29.3 Å². The Morgan fingerprint density at radius 2 is 1.82 bits per heavy atom. The summed E-state index contributed by atoms with van der Waals surface area (Å²) in [5.41, 5.74) is 1.44. The van der Waals surface area contributed by atoms with Crippen molar-refractivity contribution in [2.24, 2.45) is 0 Å². The van der Waals surface area contributed by atoms with E-state index in [0.717, 1.165) is 5.56 Å². The summed E-state index contributed by atoms with van der Waals surface area (Å²) >= 11 is 17.1. The number of hydrogen-bond donors (Lipinski definition) is 0. The molecular formula is C11H5Cl3N2O. The molecule has 0 aliphatic rings. The number of aromatic nitrogens is 2. The molecule has 0 fully saturated rings. The van der Waals surface area contributed by atoms with Gasteiger partial charge in [-0.05, 0) is 29.8 Å². The second-order valence-corrected chi connectivity index (χ2v) is 4.35. The molecule has 0 saturated carbocycles. The Kier molecular flexibility index (Phi) is 3.62. The van der Waals surface area contributed by atoms with Crippen LogP contribution in [0.4, 0.5) is 0 Å². The van der Waals surface area contributed by atoms with Gasteiger partial charge in [0.05, 0.1) is 15.7 Å². The van der Waals surface area contributed by atoms with E-state index >= 15 is 0 Å². The lowest BCUT2D eigenvalue weighted by atomic mass is 10.1. The molecule has 0 N–H and O–H groups in total. The molecule has 0 unspecified atom stereocenters. The lowest BCUT2D eigenvalue weighted by molar-refractivity contribution is 0.107. The minimum atomic E-state index is -0.631. The number of nitrogens with zero attached hydrogens (tertiary/aromatic N) is 2. The number of rotatable bonds is 2. The third kappa shape index (κ3) is 2.75. The van der Waals surface area contributed by atoms with Crippen LogP contribution >= 0.6 is 34.8 Å². The first-order valence-corrected chi connectivity index (χ1v) is 5.68. The van der Waals surface area contributed by atoms with Gasteiger partial charge >= 0.3 is 0 Å². The Bertz CT molecular complexity index is 587. The van der Waals surface area contributed by atoms with Crippen molar-refractivity contribution in [3.63, 3.8) is 0 Å². The van der Waals surface area contributed by atoms with E-state index in [0.29, 0.717) is 15.7 Å². The maximum Gasteiger partial charge on any atom is 0.270 e. The van der Waals surface area contributed by atoms with Gasteiger partial charge < -0.3 is 0 Å². The summed E-state index contributed by atoms with van der Waals surface area (Å²) in [4.78, 5) is 18.8. The van der Waals surface area contributed by atoms with Crippen molar-refractivity contribution in [2.75, 3.05) is 0 Å². The summed E-state index contributed by atoms with van der Waals surface area (Å²) in [6.07, 6.45) is 1.27. The summed E-state index contributed by atoms with van der Waals surface area (Å²) in [7, 11) is 0. The van der Waals surface area contributed by atoms with Crippen molar-refractivity contribution in [3.05, 3.63) is 46.3 Å². The Morgan fingerprint density at radius 1 is 1.06 bits per heavy atom. The fourth-order valence-corrected chi connectivity index (χ4v) is 1.68. The van der Waals surface area contributed by atoms with E-state index < -0.39 is 5.24 Å². The number of halogens is 3. The summed E-state index contributed by atoms with van der Waals surface area (Å²) in [6.45, 7) is 0. The SMILES string of the molecule is O=C(Cl)c1cc(-c2ccc(Cl)c(Cl)c2)ncn1. The average Bonchev–Trinajstić information content (AvgIpc) is 2.33. The zero-order valence-corrected chi connectivity index (χ0v) is 10.6. The highest BCUT2D eigenvalue weighted by Gasteiger charge is 2.08. The van der Waals surface area contributed by atoms with Crippen molar-refractivity contribution in [2.45, 2.75) is 0 Å². The fourth-order valence-electron chi connectivity index (χ4n) is 1.28. The molecule has 6 heteroatoms. The topological polar surface area (TPSA) is 42.9 Å². The van der Waals surface area contributed by atoms with Crippen LogP contribution in [0.3, 0.4) is 0 Å². The Hall–Kier alpha value is -1.16. The predicted octanol–water partition coefficient (Wildman–Crippen LogP) is 3.83. The molecule has 1 heterocycles. The summed E-state index contributed by atoms with van der Waals surface area (Å²) < 4.78 is 0. The molecule has 17 heavy (non-hydrogen) atoms. The predicted molar refractivity (Wildman–Crippen MR) is 67.7 cm³/mol. The lowest BCUT2D eigenvalue weighted by Crippen LogP contribution is -1.96. The molecule has 0 aliphatic carbocycles. The van der Waals surface area contributed by atoms with Crippen molar-refractivity contribution in [3.8, 4) is 11.3 Å². The van der Waals surface area contributed by atoms with Crippen LogP contribution in [-0.4, -0.2) is 15.2 Å². The number of hydrogen-bond acceptors (Lipinski definition) is 3. The van der Waals surface area contributed by atoms with Gasteiger partial charge in [-0.15, -0.1) is 0 Å². The van der Waals surface area contributed by atoms with E-state index in [1.165, 1.54) is 12.4 Å². The highest BCUT2D eigenvalue weighted by molar-refractivity contribution is 6.67. The average molecular weight is 288 g/mol. The molecule has 0 amide bonds. The van der Waals surface area contributed by atoms with Crippen LogP contribution in [-0.2, 0) is 0 Å². The van der Waals surface area contributed by atoms with E-state index in [4.69, 9.17) is 34.8 Å². The highest BCUT2D eigenvalue weighted by atomic mass is 35.5. The third-order valence-corrected chi connectivity index (χ3v) is 3.02. The van der Waals surface area contributed by atoms with E-state index in [2.05, 4.69) is 9.97 Å². The molecule has 1 aromatic carbocycles. The molecule has 3 nitrogen and oxygen atoms in total. The Balaban J connectivity index is 2.49. The van der Waals surface area contributed by atoms with Crippen molar-refractivity contribution < 1.29 is 4.79 Å². The minimum Gasteiger partial charge on any atom is -0.274 e. The molecular weight excluding hydrogens is 282 g/mol. The van der Waals surface area contributed by atoms with Crippen LogP contribution in [0.5, 0.6) is 0 Å². The molecule has 2 aromatic rings. The molecule has 0 atom stereocenters. The number of benzene rings is 1. The molecule has 0 spiro atoms. The zero-order valence-electron chi connectivity index (χ0n) is 8.32. The lowest BCUT2D eigenvalue weighted by Gasteiger charge is -2.03. The molecule has 0 saturated heterocycles. The van der Waals surface area contributed by atoms with Crippen molar-refractivity contribution in [1.82, 2.24) is 9.97 Å². The van der Waals surface area contributed by atoms with E-state index in [1.807, 2.05) is 0 Å². The van der Waals surface area contributed by atoms with Crippen LogP contribution in [0.15, 0.2) is 30.6 Å². The first-order valence-electron chi connectivity index (χ1n) is 4.55. The standard InChI is InChI=1S/C11H5Cl3N2O/c12-7-2-1-6(3-8(7)13)9-4-10(11(14)17)16-5-15-9/h1-5H. The molecule has 0 bridgehead atoms. The first-order chi connectivity index (χ1) is 8.08. The maximum atomic E-state index is 11.0. The monoisotopic (exact) mass is 286 g/mol. The van der Waals surface area contributed by atoms with Crippen LogP contribution in [0, 0.1) is 0 Å². The number of carbonyl (C=O) groups excluding carboxylic acids is 1. The van der Waals surface area contributed by atoms with Gasteiger partial charge in [-0.2, -0.15) is 0 Å². The Labute approximate surface area is 112 Å². The second-order valence-electron chi connectivity index (χ2n) is 3.19. The quantitative estimate of drug-likeness (QED) is 0.788. The smallest absolute Gasteiger partial charge is 0.270 e. The van der Waals surface area contributed by atoms with E-state index in [1.54, 1.807) is 18.2 Å². The third-order valence-electron chi connectivity index (χ3n) is 2.08. The van der Waals surface area contributed by atoms with Gasteiger partial charge in [-0.3, -0.25) is 4.79 Å². The second kappa shape index (κ2) is 5.00. The van der Waals surface area contributed by atoms with Gasteiger partial charge in [0.2, 0.25) is 0 Å². The van der Waals surface area contributed by atoms with E-state index in [-0.39, 0.29) is 5.69 Å². The van der Waals surface area contributed by atoms with Gasteiger partial charge in [0.1, 0.15) is 12.0 Å². The van der Waals surface area contributed by atoms with E-state index in [9.17, 15) is 4.79 Å². The molecule has 1 aromatic heterocycles. The van der Waals surface area contributed by atoms with Crippen molar-refractivity contribution >= 4 is 40.0 Å². The van der Waals surface area contributed by atoms with Crippen LogP contribution in [0.1, 0.15) is 10.5 Å². The first kappa shape index (κ1) is 12.3. The van der Waals surface area contributed by atoms with Crippen LogP contribution < -0.4 is 0 Å². The molecule has 2 rings (SSSR count). The van der Waals surface area contributed by atoms with Crippen LogP contribution in [0.2, 0.25) is 10.0 Å². The maximum absolute atomic E-state index is 11.0. The highest BCUT2D eigenvalue weighted by Crippen LogP contribution is 2.27. The fraction of sp³-hybridized carbons (Fsp3) is 0. The summed E-state index contributed by atoms with van der Waals surface area (Å²) in [5, 5.41) is 0.244. The van der Waals surface area contributed by atoms with Gasteiger partial charge in [-0.25, -0.2) is 9.97 Å². The normalized spacial score (nSPS) is 10.3. The van der Waals surface area contributed by atoms with Crippen LogP contribution in [0.25, 0.3) is 11.3 Å². The van der Waals surface area contributed by atoms with Crippen molar-refractivity contribution in [1.29, 1.82) is 0 Å².